The van der Waals surface area contributed by atoms with Crippen LogP contribution in [0.15, 0.2) is 0 Å². The van der Waals surface area contributed by atoms with Gasteiger partial charge in [0.2, 0.25) is 0 Å². The second-order valence-electron chi connectivity index (χ2n) is 1.81. The number of amidine groups is 1. The van der Waals surface area contributed by atoms with Crippen molar-refractivity contribution >= 4 is 5.84 Å². The van der Waals surface area contributed by atoms with Crippen molar-refractivity contribution < 1.29 is 0 Å². The van der Waals surface area contributed by atoms with Gasteiger partial charge in [-0.25, -0.2) is 5.84 Å². The van der Waals surface area contributed by atoms with Gasteiger partial charge in [0, 0.05) is 13.5 Å². The summed E-state index contributed by atoms with van der Waals surface area (Å²) in [5.41, 5.74) is 0. The van der Waals surface area contributed by atoms with E-state index in [4.69, 9.17) is 11.3 Å². The maximum atomic E-state index is 7.14. The van der Waals surface area contributed by atoms with Crippen LogP contribution in [-0.4, -0.2) is 17.9 Å². The number of nitrogens with two attached hydrogens (primary N) is 1. The van der Waals surface area contributed by atoms with Crippen molar-refractivity contribution in [1.29, 1.82) is 5.41 Å². The van der Waals surface area contributed by atoms with Gasteiger partial charge in [0.25, 0.3) is 0 Å². The zero-order chi connectivity index (χ0) is 6.57. The molecule has 0 amide bonds. The fourth-order valence-electron chi connectivity index (χ4n) is 0.413. The summed E-state index contributed by atoms with van der Waals surface area (Å²) in [5, 5.41) is 8.48. The molecule has 0 spiro atoms. The Morgan fingerprint density at radius 1 is 1.75 bits per heavy atom. The van der Waals surface area contributed by atoms with E-state index >= 15 is 0 Å². The highest BCUT2D eigenvalue weighted by Gasteiger charge is 1.94. The highest BCUT2D eigenvalue weighted by Crippen LogP contribution is 1.88. The van der Waals surface area contributed by atoms with Gasteiger partial charge >= 0.3 is 0 Å². The molecule has 0 saturated carbocycles. The van der Waals surface area contributed by atoms with E-state index in [2.05, 4.69) is 0 Å². The number of hydrogen-bond donors (Lipinski definition) is 2. The Labute approximate surface area is 50.0 Å². The highest BCUT2D eigenvalue weighted by atomic mass is 15.4. The van der Waals surface area contributed by atoms with Gasteiger partial charge in [-0.3, -0.25) is 5.41 Å². The van der Waals surface area contributed by atoms with E-state index in [-0.39, 0.29) is 0 Å². The van der Waals surface area contributed by atoms with E-state index in [1.54, 1.807) is 7.05 Å². The van der Waals surface area contributed by atoms with Crippen molar-refractivity contribution in [3.63, 3.8) is 0 Å². The van der Waals surface area contributed by atoms with Gasteiger partial charge < -0.3 is 5.01 Å². The van der Waals surface area contributed by atoms with E-state index < -0.39 is 0 Å². The van der Waals surface area contributed by atoms with Crippen LogP contribution in [0, 0.1) is 5.41 Å². The summed E-state index contributed by atoms with van der Waals surface area (Å²) in [6.45, 7) is 2.03. The maximum Gasteiger partial charge on any atom is 0.110 e. The first kappa shape index (κ1) is 7.43. The lowest BCUT2D eigenvalue weighted by atomic mass is 10.3. The Bertz CT molecular complexity index is 77.7. The summed E-state index contributed by atoms with van der Waals surface area (Å²) in [6.07, 6.45) is 1.76. The van der Waals surface area contributed by atoms with Crippen LogP contribution in [0.4, 0.5) is 0 Å². The van der Waals surface area contributed by atoms with Crippen LogP contribution < -0.4 is 5.84 Å². The average Bonchev–Trinajstić information content (AvgIpc) is 1.67. The molecule has 0 atom stereocenters. The molecule has 0 fully saturated rings. The molecule has 8 heavy (non-hydrogen) atoms. The van der Waals surface area contributed by atoms with E-state index in [1.807, 2.05) is 6.92 Å². The average molecular weight is 115 g/mol. The van der Waals surface area contributed by atoms with Crippen LogP contribution in [0.5, 0.6) is 0 Å². The van der Waals surface area contributed by atoms with Crippen LogP contribution >= 0.6 is 0 Å². The van der Waals surface area contributed by atoms with Crippen molar-refractivity contribution in [2.45, 2.75) is 19.8 Å². The lowest BCUT2D eigenvalue weighted by molar-refractivity contribution is 0.518. The van der Waals surface area contributed by atoms with Crippen molar-refractivity contribution in [2.24, 2.45) is 5.84 Å². The molecule has 0 aliphatic heterocycles. The van der Waals surface area contributed by atoms with Crippen LogP contribution in [0.2, 0.25) is 0 Å². The van der Waals surface area contributed by atoms with Crippen LogP contribution in [0.1, 0.15) is 19.8 Å². The lowest BCUT2D eigenvalue weighted by Crippen LogP contribution is -2.32. The molecule has 0 unspecified atom stereocenters. The fraction of sp³-hybridized carbons (Fsp3) is 0.800. The largest absolute Gasteiger partial charge is 0.302 e. The minimum Gasteiger partial charge on any atom is -0.302 e. The molecular formula is C5H13N3. The second kappa shape index (κ2) is 3.43. The molecule has 0 aromatic rings. The number of rotatable bonds is 2. The number of hydrazine groups is 1. The first-order valence-corrected chi connectivity index (χ1v) is 2.74. The summed E-state index contributed by atoms with van der Waals surface area (Å²) in [5.74, 6) is 5.72. The van der Waals surface area contributed by atoms with Crippen molar-refractivity contribution in [1.82, 2.24) is 5.01 Å². The second-order valence-corrected chi connectivity index (χ2v) is 1.81. The lowest BCUT2D eigenvalue weighted by Gasteiger charge is -2.10. The van der Waals surface area contributed by atoms with Gasteiger partial charge in [0.1, 0.15) is 5.84 Å². The number of nitrogens with zero attached hydrogens (tertiary/aromatic N) is 1. The minimum absolute atomic E-state index is 0.493. The Balaban J connectivity index is 3.33. The molecule has 0 rings (SSSR count). The third-order valence-electron chi connectivity index (χ3n) is 0.913. The van der Waals surface area contributed by atoms with Crippen LogP contribution in [0.3, 0.4) is 0 Å². The number of nitrogens with one attached hydrogen (secondary N) is 1. The van der Waals surface area contributed by atoms with Gasteiger partial charge in [-0.1, -0.05) is 6.92 Å². The van der Waals surface area contributed by atoms with Crippen LogP contribution in [-0.2, 0) is 0 Å². The zero-order valence-electron chi connectivity index (χ0n) is 5.44. The molecule has 48 valence electrons. The summed E-state index contributed by atoms with van der Waals surface area (Å²) in [4.78, 5) is 0. The molecule has 3 nitrogen and oxygen atoms in total. The maximum absolute atomic E-state index is 7.14. The van der Waals surface area contributed by atoms with E-state index in [1.165, 1.54) is 5.01 Å². The molecule has 0 bridgehead atoms. The molecule has 0 aromatic heterocycles. The van der Waals surface area contributed by atoms with Gasteiger partial charge in [-0.05, 0) is 6.42 Å². The van der Waals surface area contributed by atoms with Crippen molar-refractivity contribution in [3.8, 4) is 0 Å². The molecule has 0 heterocycles. The minimum atomic E-state index is 0.493. The quantitative estimate of drug-likeness (QED) is 0.239. The fourth-order valence-corrected chi connectivity index (χ4v) is 0.413. The summed E-state index contributed by atoms with van der Waals surface area (Å²) < 4.78 is 0. The Kier molecular flexibility index (Phi) is 3.19. The van der Waals surface area contributed by atoms with E-state index in [0.29, 0.717) is 5.84 Å². The Morgan fingerprint density at radius 2 is 2.25 bits per heavy atom. The predicted molar refractivity (Wildman–Crippen MR) is 34.6 cm³/mol. The first-order valence-electron chi connectivity index (χ1n) is 2.74. The van der Waals surface area contributed by atoms with Gasteiger partial charge in [0.15, 0.2) is 0 Å². The summed E-state index contributed by atoms with van der Waals surface area (Å²) in [6, 6.07) is 0. The molecule has 0 aliphatic carbocycles. The number of hydrogen-bond acceptors (Lipinski definition) is 2. The van der Waals surface area contributed by atoms with Gasteiger partial charge in [-0.15, -0.1) is 0 Å². The highest BCUT2D eigenvalue weighted by molar-refractivity contribution is 5.77. The SMILES string of the molecule is CCCC(=N)N(C)N. The van der Waals surface area contributed by atoms with Crippen molar-refractivity contribution in [3.05, 3.63) is 0 Å². The monoisotopic (exact) mass is 115 g/mol. The predicted octanol–water partition coefficient (Wildman–Crippen LogP) is 0.569. The normalized spacial score (nSPS) is 8.88. The smallest absolute Gasteiger partial charge is 0.110 e. The van der Waals surface area contributed by atoms with Gasteiger partial charge in [-0.2, -0.15) is 0 Å². The molecule has 0 aromatic carbocycles. The summed E-state index contributed by atoms with van der Waals surface area (Å²) >= 11 is 0. The molecule has 3 N–H and O–H groups in total. The topological polar surface area (TPSA) is 53.1 Å². The van der Waals surface area contributed by atoms with Crippen LogP contribution in [0.25, 0.3) is 0 Å². The molecular weight excluding hydrogens is 102 g/mol. The van der Waals surface area contributed by atoms with E-state index in [0.717, 1.165) is 12.8 Å². The molecule has 3 heteroatoms. The van der Waals surface area contributed by atoms with Gasteiger partial charge in [0.05, 0.1) is 0 Å². The molecule has 0 saturated heterocycles. The third-order valence-corrected chi connectivity index (χ3v) is 0.913. The first-order chi connectivity index (χ1) is 3.68. The summed E-state index contributed by atoms with van der Waals surface area (Å²) in [7, 11) is 1.68. The standard InChI is InChI=1S/C5H13N3/c1-3-4-5(6)8(2)7/h6H,3-4,7H2,1-2H3. The third kappa shape index (κ3) is 2.58. The van der Waals surface area contributed by atoms with E-state index in [9.17, 15) is 0 Å². The Hall–Kier alpha value is -0.570. The van der Waals surface area contributed by atoms with Crippen molar-refractivity contribution in [2.75, 3.05) is 7.05 Å². The zero-order valence-corrected chi connectivity index (χ0v) is 5.44. The molecule has 0 radical (unpaired) electrons. The Morgan fingerprint density at radius 3 is 2.38 bits per heavy atom. The molecule has 0 aliphatic rings.